The minimum atomic E-state index is -0.828. The highest BCUT2D eigenvalue weighted by Crippen LogP contribution is 2.28. The van der Waals surface area contributed by atoms with Crippen molar-refractivity contribution in [2.24, 2.45) is 17.3 Å². The van der Waals surface area contributed by atoms with Crippen LogP contribution in [0.2, 0.25) is 0 Å². The lowest BCUT2D eigenvalue weighted by molar-refractivity contribution is -0.140. The number of carboxylic acid groups (broad SMARTS) is 1. The van der Waals surface area contributed by atoms with Crippen LogP contribution in [0.3, 0.4) is 0 Å². The molecule has 3 atom stereocenters. The van der Waals surface area contributed by atoms with E-state index in [1.54, 1.807) is 12.2 Å². The number of hydrogen-bond acceptors (Lipinski definition) is 2. The Hall–Kier alpha value is -1.32. The molecule has 0 radical (unpaired) electrons. The number of carboxylic acids is 1. The molecule has 0 heterocycles. The normalized spacial score (nSPS) is 24.9. The highest BCUT2D eigenvalue weighted by Gasteiger charge is 2.27. The number of amides is 1. The Morgan fingerprint density at radius 2 is 2.00 bits per heavy atom. The molecule has 0 aromatic rings. The van der Waals surface area contributed by atoms with Crippen LogP contribution < -0.4 is 5.32 Å². The second kappa shape index (κ2) is 5.55. The standard InChI is InChI=1S/C14H23NO3/c1-9(14(2,3)4)7-12(16)15-11-6-5-10(8-11)13(17)18/h5-6,9-11H,7-8H2,1-4H3,(H,15,16)(H,17,18). The maximum absolute atomic E-state index is 11.8. The van der Waals surface area contributed by atoms with Crippen LogP contribution in [0.15, 0.2) is 12.2 Å². The zero-order valence-electron chi connectivity index (χ0n) is 11.6. The molecule has 1 amide bonds. The second-order valence-corrected chi connectivity index (χ2v) is 6.21. The van der Waals surface area contributed by atoms with E-state index >= 15 is 0 Å². The predicted octanol–water partition coefficient (Wildman–Crippen LogP) is 2.20. The van der Waals surface area contributed by atoms with Crippen LogP contribution in [0.5, 0.6) is 0 Å². The van der Waals surface area contributed by atoms with Gasteiger partial charge in [-0.25, -0.2) is 0 Å². The van der Waals surface area contributed by atoms with E-state index in [1.807, 2.05) is 0 Å². The summed E-state index contributed by atoms with van der Waals surface area (Å²) in [6.45, 7) is 8.40. The zero-order valence-corrected chi connectivity index (χ0v) is 11.6. The highest BCUT2D eigenvalue weighted by molar-refractivity contribution is 5.78. The molecule has 0 aliphatic heterocycles. The zero-order chi connectivity index (χ0) is 13.9. The molecular weight excluding hydrogens is 230 g/mol. The third-order valence-electron chi connectivity index (χ3n) is 3.72. The lowest BCUT2D eigenvalue weighted by atomic mass is 9.80. The molecular formula is C14H23NO3. The quantitative estimate of drug-likeness (QED) is 0.755. The number of carbonyl (C=O) groups is 2. The summed E-state index contributed by atoms with van der Waals surface area (Å²) in [5.74, 6) is -1.00. The number of carbonyl (C=O) groups excluding carboxylic acids is 1. The molecule has 4 nitrogen and oxygen atoms in total. The summed E-state index contributed by atoms with van der Waals surface area (Å²) in [6.07, 6.45) is 4.37. The predicted molar refractivity (Wildman–Crippen MR) is 70.0 cm³/mol. The Morgan fingerprint density at radius 3 is 2.44 bits per heavy atom. The van der Waals surface area contributed by atoms with Crippen molar-refractivity contribution >= 4 is 11.9 Å². The first kappa shape index (κ1) is 14.7. The van der Waals surface area contributed by atoms with Crippen molar-refractivity contribution in [2.45, 2.75) is 46.6 Å². The summed E-state index contributed by atoms with van der Waals surface area (Å²) in [7, 11) is 0. The average Bonchev–Trinajstić information content (AvgIpc) is 2.64. The average molecular weight is 253 g/mol. The van der Waals surface area contributed by atoms with Gasteiger partial charge >= 0.3 is 5.97 Å². The van der Waals surface area contributed by atoms with Gasteiger partial charge in [-0.2, -0.15) is 0 Å². The van der Waals surface area contributed by atoms with Crippen LogP contribution in [0, 0.1) is 17.3 Å². The van der Waals surface area contributed by atoms with Gasteiger partial charge in [-0.05, 0) is 17.8 Å². The highest BCUT2D eigenvalue weighted by atomic mass is 16.4. The first-order valence-corrected chi connectivity index (χ1v) is 6.40. The van der Waals surface area contributed by atoms with E-state index in [0.29, 0.717) is 12.8 Å². The summed E-state index contributed by atoms with van der Waals surface area (Å²) >= 11 is 0. The molecule has 1 aliphatic rings. The van der Waals surface area contributed by atoms with E-state index in [9.17, 15) is 9.59 Å². The third-order valence-corrected chi connectivity index (χ3v) is 3.72. The molecule has 4 heteroatoms. The van der Waals surface area contributed by atoms with Crippen molar-refractivity contribution < 1.29 is 14.7 Å². The van der Waals surface area contributed by atoms with E-state index in [4.69, 9.17) is 5.11 Å². The lowest BCUT2D eigenvalue weighted by Crippen LogP contribution is -2.35. The van der Waals surface area contributed by atoms with Crippen LogP contribution in [0.25, 0.3) is 0 Å². The molecule has 2 N–H and O–H groups in total. The van der Waals surface area contributed by atoms with Crippen molar-refractivity contribution in [2.75, 3.05) is 0 Å². The summed E-state index contributed by atoms with van der Waals surface area (Å²) in [4.78, 5) is 22.6. The number of nitrogens with one attached hydrogen (secondary N) is 1. The van der Waals surface area contributed by atoms with Crippen LogP contribution in [0.1, 0.15) is 40.5 Å². The number of rotatable bonds is 4. The van der Waals surface area contributed by atoms with Gasteiger partial charge in [0.2, 0.25) is 5.91 Å². The molecule has 0 aromatic carbocycles. The minimum absolute atomic E-state index is 0.00175. The van der Waals surface area contributed by atoms with Crippen molar-refractivity contribution in [3.05, 3.63) is 12.2 Å². The van der Waals surface area contributed by atoms with Crippen molar-refractivity contribution in [1.82, 2.24) is 5.32 Å². The summed E-state index contributed by atoms with van der Waals surface area (Å²) in [5.41, 5.74) is 0.104. The summed E-state index contributed by atoms with van der Waals surface area (Å²) in [5, 5.41) is 11.7. The van der Waals surface area contributed by atoms with Crippen LogP contribution >= 0.6 is 0 Å². The topological polar surface area (TPSA) is 66.4 Å². The summed E-state index contributed by atoms with van der Waals surface area (Å²) in [6, 6.07) is -0.134. The fraction of sp³-hybridized carbons (Fsp3) is 0.714. The molecule has 0 spiro atoms. The van der Waals surface area contributed by atoms with Gasteiger partial charge in [0.15, 0.2) is 0 Å². The molecule has 1 rings (SSSR count). The van der Waals surface area contributed by atoms with Gasteiger partial charge in [0.05, 0.1) is 5.92 Å². The van der Waals surface area contributed by atoms with Gasteiger partial charge in [-0.3, -0.25) is 9.59 Å². The monoisotopic (exact) mass is 253 g/mol. The summed E-state index contributed by atoms with van der Waals surface area (Å²) < 4.78 is 0. The fourth-order valence-corrected chi connectivity index (χ4v) is 1.84. The maximum atomic E-state index is 11.8. The number of hydrogen-bond donors (Lipinski definition) is 2. The van der Waals surface area contributed by atoms with E-state index in [0.717, 1.165) is 0 Å². The molecule has 102 valence electrons. The van der Waals surface area contributed by atoms with Crippen molar-refractivity contribution in [3.63, 3.8) is 0 Å². The second-order valence-electron chi connectivity index (χ2n) is 6.21. The van der Waals surface area contributed by atoms with E-state index in [1.165, 1.54) is 0 Å². The van der Waals surface area contributed by atoms with Gasteiger partial charge in [0.1, 0.15) is 0 Å². The molecule has 0 saturated carbocycles. The van der Waals surface area contributed by atoms with Crippen molar-refractivity contribution in [1.29, 1.82) is 0 Å². The van der Waals surface area contributed by atoms with E-state index < -0.39 is 11.9 Å². The van der Waals surface area contributed by atoms with Crippen LogP contribution in [-0.4, -0.2) is 23.0 Å². The van der Waals surface area contributed by atoms with Gasteiger partial charge in [-0.1, -0.05) is 39.8 Å². The Bertz CT molecular complexity index is 355. The smallest absolute Gasteiger partial charge is 0.310 e. The minimum Gasteiger partial charge on any atom is -0.481 e. The Morgan fingerprint density at radius 1 is 1.39 bits per heavy atom. The molecule has 18 heavy (non-hydrogen) atoms. The van der Waals surface area contributed by atoms with E-state index in [2.05, 4.69) is 33.0 Å². The largest absolute Gasteiger partial charge is 0.481 e. The Balaban J connectivity index is 2.39. The third kappa shape index (κ3) is 4.17. The Labute approximate surface area is 108 Å². The SMILES string of the molecule is CC(CC(=O)NC1C=CC(C(=O)O)C1)C(C)(C)C. The van der Waals surface area contributed by atoms with Gasteiger partial charge in [0, 0.05) is 12.5 Å². The van der Waals surface area contributed by atoms with Gasteiger partial charge < -0.3 is 10.4 Å². The molecule has 1 aliphatic carbocycles. The molecule has 0 bridgehead atoms. The fourth-order valence-electron chi connectivity index (χ4n) is 1.84. The lowest BCUT2D eigenvalue weighted by Gasteiger charge is -2.27. The van der Waals surface area contributed by atoms with Crippen molar-refractivity contribution in [3.8, 4) is 0 Å². The van der Waals surface area contributed by atoms with E-state index in [-0.39, 0.29) is 23.3 Å². The Kier molecular flexibility index (Phi) is 4.54. The molecule has 0 aromatic heterocycles. The molecule has 0 fully saturated rings. The first-order chi connectivity index (χ1) is 8.20. The first-order valence-electron chi connectivity index (χ1n) is 6.40. The maximum Gasteiger partial charge on any atom is 0.310 e. The number of aliphatic carboxylic acids is 1. The van der Waals surface area contributed by atoms with Crippen LogP contribution in [0.4, 0.5) is 0 Å². The van der Waals surface area contributed by atoms with Gasteiger partial charge in [0.25, 0.3) is 0 Å². The molecule has 0 saturated heterocycles. The van der Waals surface area contributed by atoms with Crippen LogP contribution in [-0.2, 0) is 9.59 Å². The van der Waals surface area contributed by atoms with Gasteiger partial charge in [-0.15, -0.1) is 0 Å². The molecule has 3 unspecified atom stereocenters.